The fraction of sp³-hybridized carbons (Fsp3) is 0.320. The predicted octanol–water partition coefficient (Wildman–Crippen LogP) is 3.01. The van der Waals surface area contributed by atoms with Gasteiger partial charge in [0.2, 0.25) is 0 Å². The Balaban J connectivity index is 1.53. The molecule has 6 nitrogen and oxygen atoms in total. The second kappa shape index (κ2) is 9.37. The molecule has 1 aliphatic heterocycles. The molecule has 0 spiro atoms. The number of pyridine rings is 2. The summed E-state index contributed by atoms with van der Waals surface area (Å²) in [4.78, 5) is 23.9. The molecule has 31 heavy (non-hydrogen) atoms. The molecular formula is C25H28N4O2. The number of morpholine rings is 1. The van der Waals surface area contributed by atoms with Crippen molar-refractivity contribution in [2.24, 2.45) is 0 Å². The molecule has 3 aromatic rings. The maximum absolute atomic E-state index is 12.9. The Labute approximate surface area is 183 Å². The van der Waals surface area contributed by atoms with Gasteiger partial charge in [-0.1, -0.05) is 30.3 Å². The molecule has 1 saturated heterocycles. The number of hydrogen-bond acceptors (Lipinski definition) is 5. The molecule has 1 amide bonds. The molecule has 1 aromatic carbocycles. The first kappa shape index (κ1) is 21.2. The van der Waals surface area contributed by atoms with Gasteiger partial charge in [-0.2, -0.15) is 0 Å². The van der Waals surface area contributed by atoms with Crippen molar-refractivity contribution in [3.05, 3.63) is 83.9 Å². The number of aryl methyl sites for hydroxylation is 1. The van der Waals surface area contributed by atoms with Crippen molar-refractivity contribution in [1.29, 1.82) is 0 Å². The van der Waals surface area contributed by atoms with E-state index >= 15 is 0 Å². The minimum atomic E-state index is -0.922. The van der Waals surface area contributed by atoms with Crippen LogP contribution in [0.2, 0.25) is 0 Å². The van der Waals surface area contributed by atoms with Gasteiger partial charge in [-0.3, -0.25) is 19.7 Å². The van der Waals surface area contributed by atoms with Crippen LogP contribution in [0.4, 0.5) is 0 Å². The van der Waals surface area contributed by atoms with Gasteiger partial charge in [-0.15, -0.1) is 0 Å². The van der Waals surface area contributed by atoms with Crippen molar-refractivity contribution in [1.82, 2.24) is 20.2 Å². The van der Waals surface area contributed by atoms with Crippen molar-refractivity contribution in [2.75, 3.05) is 26.7 Å². The van der Waals surface area contributed by atoms with Crippen LogP contribution in [0.5, 0.6) is 0 Å². The van der Waals surface area contributed by atoms with Crippen molar-refractivity contribution < 1.29 is 9.53 Å². The van der Waals surface area contributed by atoms with Gasteiger partial charge in [0.25, 0.3) is 5.91 Å². The van der Waals surface area contributed by atoms with Crippen LogP contribution in [0.3, 0.4) is 0 Å². The molecule has 6 heteroatoms. The lowest BCUT2D eigenvalue weighted by atomic mass is 9.90. The van der Waals surface area contributed by atoms with Crippen LogP contribution in [0, 0.1) is 6.92 Å². The fourth-order valence-electron chi connectivity index (χ4n) is 4.15. The summed E-state index contributed by atoms with van der Waals surface area (Å²) in [6, 6.07) is 18.3. The summed E-state index contributed by atoms with van der Waals surface area (Å²) in [5, 5.41) is 2.81. The number of aromatic nitrogens is 2. The monoisotopic (exact) mass is 416 g/mol. The van der Waals surface area contributed by atoms with E-state index in [4.69, 9.17) is 4.74 Å². The van der Waals surface area contributed by atoms with Gasteiger partial charge >= 0.3 is 0 Å². The lowest BCUT2D eigenvalue weighted by Gasteiger charge is -2.41. The summed E-state index contributed by atoms with van der Waals surface area (Å²) in [5.74, 6) is -0.0902. The number of carbonyl (C=O) groups excluding carboxylic acids is 1. The smallest absolute Gasteiger partial charge is 0.253 e. The van der Waals surface area contributed by atoms with Gasteiger partial charge in [0.1, 0.15) is 0 Å². The Kier molecular flexibility index (Phi) is 6.39. The highest BCUT2D eigenvalue weighted by Crippen LogP contribution is 2.26. The lowest BCUT2D eigenvalue weighted by molar-refractivity contribution is -0.160. The molecule has 1 fully saturated rings. The average molecular weight is 417 g/mol. The van der Waals surface area contributed by atoms with Crippen LogP contribution in [0.15, 0.2) is 67.0 Å². The van der Waals surface area contributed by atoms with E-state index in [9.17, 15) is 4.79 Å². The zero-order chi connectivity index (χ0) is 21.7. The quantitative estimate of drug-likeness (QED) is 0.669. The minimum absolute atomic E-state index is 0.0902. The molecule has 1 N–H and O–H groups in total. The van der Waals surface area contributed by atoms with E-state index in [1.54, 1.807) is 19.4 Å². The molecule has 1 atom stereocenters. The van der Waals surface area contributed by atoms with Gasteiger partial charge in [-0.25, -0.2) is 0 Å². The van der Waals surface area contributed by atoms with E-state index in [0.717, 1.165) is 34.6 Å². The van der Waals surface area contributed by atoms with Crippen LogP contribution in [0.1, 0.15) is 17.0 Å². The van der Waals surface area contributed by atoms with Gasteiger partial charge in [0, 0.05) is 51.2 Å². The molecule has 1 aliphatic rings. The molecule has 0 aliphatic carbocycles. The van der Waals surface area contributed by atoms with Crippen LogP contribution in [-0.2, 0) is 22.5 Å². The number of rotatable bonds is 6. The summed E-state index contributed by atoms with van der Waals surface area (Å²) in [5.41, 5.74) is 4.39. The fourth-order valence-corrected chi connectivity index (χ4v) is 4.15. The second-order valence-corrected chi connectivity index (χ2v) is 8.01. The maximum Gasteiger partial charge on any atom is 0.253 e. The number of likely N-dealkylation sites (N-methyl/N-ethyl adjacent to an activating group) is 1. The average Bonchev–Trinajstić information content (AvgIpc) is 2.80. The lowest BCUT2D eigenvalue weighted by Crippen LogP contribution is -2.60. The van der Waals surface area contributed by atoms with Crippen molar-refractivity contribution in [3.63, 3.8) is 0 Å². The van der Waals surface area contributed by atoms with Crippen LogP contribution < -0.4 is 5.32 Å². The van der Waals surface area contributed by atoms with Gasteiger partial charge in [-0.05, 0) is 47.9 Å². The number of ether oxygens (including phenoxy) is 1. The molecular weight excluding hydrogens is 388 g/mol. The Hall–Kier alpha value is -3.09. The Bertz CT molecular complexity index is 1020. The largest absolute Gasteiger partial charge is 0.362 e. The third-order valence-electron chi connectivity index (χ3n) is 5.69. The Morgan fingerprint density at radius 2 is 1.84 bits per heavy atom. The van der Waals surface area contributed by atoms with E-state index < -0.39 is 5.60 Å². The Morgan fingerprint density at radius 3 is 2.55 bits per heavy atom. The second-order valence-electron chi connectivity index (χ2n) is 8.01. The molecule has 0 saturated carbocycles. The normalized spacial score (nSPS) is 19.2. The van der Waals surface area contributed by atoms with Gasteiger partial charge in [0.15, 0.2) is 5.60 Å². The molecule has 3 heterocycles. The molecule has 0 bridgehead atoms. The summed E-state index contributed by atoms with van der Waals surface area (Å²) in [6.07, 6.45) is 4.09. The van der Waals surface area contributed by atoms with Crippen LogP contribution in [-0.4, -0.2) is 53.1 Å². The number of amides is 1. The van der Waals surface area contributed by atoms with E-state index in [-0.39, 0.29) is 5.91 Å². The summed E-state index contributed by atoms with van der Waals surface area (Å²) >= 11 is 0. The maximum atomic E-state index is 12.9. The minimum Gasteiger partial charge on any atom is -0.362 e. The van der Waals surface area contributed by atoms with Crippen LogP contribution >= 0.6 is 0 Å². The van der Waals surface area contributed by atoms with Gasteiger partial charge < -0.3 is 10.1 Å². The first-order valence-electron chi connectivity index (χ1n) is 10.6. The molecule has 0 radical (unpaired) electrons. The first-order valence-corrected chi connectivity index (χ1v) is 10.6. The number of hydrogen-bond donors (Lipinski definition) is 1. The van der Waals surface area contributed by atoms with Crippen molar-refractivity contribution in [3.8, 4) is 11.1 Å². The van der Waals surface area contributed by atoms with E-state index in [2.05, 4.69) is 44.5 Å². The van der Waals surface area contributed by atoms with E-state index in [0.29, 0.717) is 26.1 Å². The number of benzene rings is 1. The number of nitrogens with one attached hydrogen (secondary N) is 1. The molecule has 4 rings (SSSR count). The standard InChI is InChI=1S/C25H28N4O2/c1-19-4-3-5-23(28-19)17-29-14-15-31-25(18-29,24(30)26-2)16-20-6-8-21(9-7-20)22-10-12-27-13-11-22/h3-13H,14-18H2,1-2H3,(H,26,30)/t25-/m1/s1. The summed E-state index contributed by atoms with van der Waals surface area (Å²) in [7, 11) is 1.67. The van der Waals surface area contributed by atoms with E-state index in [1.165, 1.54) is 0 Å². The Morgan fingerprint density at radius 1 is 1.10 bits per heavy atom. The highest BCUT2D eigenvalue weighted by molar-refractivity contribution is 5.86. The predicted molar refractivity (Wildman–Crippen MR) is 120 cm³/mol. The van der Waals surface area contributed by atoms with Crippen molar-refractivity contribution >= 4 is 5.91 Å². The summed E-state index contributed by atoms with van der Waals surface area (Å²) in [6.45, 7) is 4.50. The number of carbonyl (C=O) groups is 1. The highest BCUT2D eigenvalue weighted by atomic mass is 16.5. The van der Waals surface area contributed by atoms with Crippen molar-refractivity contribution in [2.45, 2.75) is 25.5 Å². The highest BCUT2D eigenvalue weighted by Gasteiger charge is 2.43. The molecule has 160 valence electrons. The third-order valence-corrected chi connectivity index (χ3v) is 5.69. The zero-order valence-electron chi connectivity index (χ0n) is 18.0. The summed E-state index contributed by atoms with van der Waals surface area (Å²) < 4.78 is 6.15. The topological polar surface area (TPSA) is 67.4 Å². The van der Waals surface area contributed by atoms with Gasteiger partial charge in [0.05, 0.1) is 12.3 Å². The van der Waals surface area contributed by atoms with Crippen LogP contribution in [0.25, 0.3) is 11.1 Å². The third kappa shape index (κ3) is 4.98. The van der Waals surface area contributed by atoms with E-state index in [1.807, 2.05) is 37.3 Å². The molecule has 0 unspecified atom stereocenters. The molecule has 2 aromatic heterocycles. The number of nitrogens with zero attached hydrogens (tertiary/aromatic N) is 3. The SMILES string of the molecule is CNC(=O)[C@@]1(Cc2ccc(-c3ccncc3)cc2)CN(Cc2cccc(C)n2)CCO1. The first-order chi connectivity index (χ1) is 15.1. The zero-order valence-corrected chi connectivity index (χ0v) is 18.0.